The fourth-order valence-corrected chi connectivity index (χ4v) is 5.82. The number of hydrogen-bond donors (Lipinski definition) is 2. The van der Waals surface area contributed by atoms with E-state index in [-0.39, 0.29) is 24.5 Å². The van der Waals surface area contributed by atoms with Gasteiger partial charge in [-0.3, -0.25) is 0 Å². The first-order valence-corrected chi connectivity index (χ1v) is 12.1. The summed E-state index contributed by atoms with van der Waals surface area (Å²) in [5.74, 6) is 0. The summed E-state index contributed by atoms with van der Waals surface area (Å²) in [5, 5.41) is 25.0. The monoisotopic (exact) mass is 512 g/mol. The molecule has 35 heavy (non-hydrogen) atoms. The molecular formula is C22H23F3N4O5S. The molecule has 0 spiro atoms. The molecule has 188 valence electrons. The molecule has 2 atom stereocenters. The van der Waals surface area contributed by atoms with Crippen LogP contribution in [-0.2, 0) is 20.8 Å². The number of carbonyl (C=O) groups is 1. The van der Waals surface area contributed by atoms with Crippen LogP contribution >= 0.6 is 0 Å². The number of ether oxygens (including phenoxy) is 1. The predicted octanol–water partition coefficient (Wildman–Crippen LogP) is 3.81. The lowest BCUT2D eigenvalue weighted by molar-refractivity contribution is -0.139. The van der Waals surface area contributed by atoms with Gasteiger partial charge < -0.3 is 15.2 Å². The molecule has 1 aromatic carbocycles. The van der Waals surface area contributed by atoms with Gasteiger partial charge in [0.05, 0.1) is 40.3 Å². The molecule has 2 aliphatic carbocycles. The van der Waals surface area contributed by atoms with Gasteiger partial charge in [-0.05, 0) is 55.9 Å². The van der Waals surface area contributed by atoms with Crippen LogP contribution in [-0.4, -0.2) is 53.8 Å². The van der Waals surface area contributed by atoms with Crippen molar-refractivity contribution in [2.45, 2.75) is 60.1 Å². The van der Waals surface area contributed by atoms with E-state index in [0.29, 0.717) is 24.8 Å². The van der Waals surface area contributed by atoms with Crippen LogP contribution in [0.25, 0.3) is 11.1 Å². The van der Waals surface area contributed by atoms with E-state index in [0.717, 1.165) is 12.1 Å². The Labute approximate surface area is 199 Å². The van der Waals surface area contributed by atoms with E-state index in [1.165, 1.54) is 31.6 Å². The van der Waals surface area contributed by atoms with Crippen molar-refractivity contribution < 1.29 is 36.2 Å². The zero-order valence-electron chi connectivity index (χ0n) is 18.6. The zero-order valence-corrected chi connectivity index (χ0v) is 19.4. The van der Waals surface area contributed by atoms with Crippen molar-refractivity contribution in [1.29, 1.82) is 5.26 Å². The number of nitriles is 1. The fraction of sp³-hybridized carbons (Fsp3) is 0.455. The Morgan fingerprint density at radius 3 is 2.40 bits per heavy atom. The summed E-state index contributed by atoms with van der Waals surface area (Å²) in [4.78, 5) is 9.27. The predicted molar refractivity (Wildman–Crippen MR) is 117 cm³/mol. The molecule has 1 amide bonds. The third-order valence-corrected chi connectivity index (χ3v) is 8.20. The van der Waals surface area contributed by atoms with Gasteiger partial charge in [-0.25, -0.2) is 13.2 Å². The number of amides is 1. The molecule has 1 aromatic heterocycles. The summed E-state index contributed by atoms with van der Waals surface area (Å²) < 4.78 is 71.6. The number of hydrogen-bond acceptors (Lipinski definition) is 7. The van der Waals surface area contributed by atoms with Gasteiger partial charge in [-0.2, -0.15) is 28.6 Å². The van der Waals surface area contributed by atoms with Crippen molar-refractivity contribution in [3.63, 3.8) is 0 Å². The van der Waals surface area contributed by atoms with E-state index < -0.39 is 43.4 Å². The molecule has 0 bridgehead atoms. The molecule has 0 aliphatic heterocycles. The van der Waals surface area contributed by atoms with Crippen LogP contribution in [0.15, 0.2) is 41.6 Å². The van der Waals surface area contributed by atoms with Crippen molar-refractivity contribution in [3.05, 3.63) is 42.2 Å². The summed E-state index contributed by atoms with van der Waals surface area (Å²) in [7, 11) is -2.65. The number of alkyl halides is 3. The topological polar surface area (TPSA) is 142 Å². The Bertz CT molecular complexity index is 1210. The average Bonchev–Trinajstić information content (AvgIpc) is 3.40. The van der Waals surface area contributed by atoms with Crippen LogP contribution in [0, 0.1) is 11.3 Å². The summed E-state index contributed by atoms with van der Waals surface area (Å²) in [6, 6.07) is 6.66. The molecule has 2 aromatic rings. The van der Waals surface area contributed by atoms with Crippen LogP contribution in [0.4, 0.5) is 18.0 Å². The van der Waals surface area contributed by atoms with E-state index in [1.54, 1.807) is 0 Å². The summed E-state index contributed by atoms with van der Waals surface area (Å²) in [6.45, 7) is 0. The van der Waals surface area contributed by atoms with Gasteiger partial charge in [0.2, 0.25) is 0 Å². The Kier molecular flexibility index (Phi) is 7.66. The highest BCUT2D eigenvalue weighted by molar-refractivity contribution is 7.92. The van der Waals surface area contributed by atoms with Gasteiger partial charge in [0.25, 0.3) is 0 Å². The fourth-order valence-electron chi connectivity index (χ4n) is 3.81. The van der Waals surface area contributed by atoms with Crippen molar-refractivity contribution in [1.82, 2.24) is 15.5 Å². The van der Waals surface area contributed by atoms with Crippen LogP contribution in [0.3, 0.4) is 0 Å². The standard InChI is InChI=1S/C17H17F3N2O3S.C5H6N2O2/c1-25-13-3-4-14(9-13)26(23,24)16-5-2-11(8-15(16)17(18,19)20)12-6-7-21-22-10-12;6-3-5(1-2-5)7-4(8)9/h2,5-8,10,13-14H,3-4,9H2,1H3;7H,1-2H2,(H,8,9)/t13-,14-;/m1./s1. The van der Waals surface area contributed by atoms with E-state index in [2.05, 4.69) is 15.5 Å². The number of nitrogens with one attached hydrogen (secondary N) is 1. The normalized spacial score (nSPS) is 20.8. The molecule has 2 N–H and O–H groups in total. The maximum atomic E-state index is 13.6. The SMILES string of the molecule is CO[C@@H]1CC[C@@H](S(=O)(=O)c2ccc(-c3ccnnc3)cc2C(F)(F)F)C1.N#CC1(NC(=O)O)CC1. The Balaban J connectivity index is 0.000000320. The van der Waals surface area contributed by atoms with Gasteiger partial charge in [0.15, 0.2) is 9.84 Å². The lowest BCUT2D eigenvalue weighted by atomic mass is 10.0. The third kappa shape index (κ3) is 6.26. The van der Waals surface area contributed by atoms with Crippen LogP contribution in [0.1, 0.15) is 37.7 Å². The molecule has 0 saturated heterocycles. The van der Waals surface area contributed by atoms with Gasteiger partial charge in [0.1, 0.15) is 5.54 Å². The van der Waals surface area contributed by atoms with Crippen molar-refractivity contribution >= 4 is 15.9 Å². The maximum absolute atomic E-state index is 13.6. The number of nitrogens with zero attached hydrogens (tertiary/aromatic N) is 3. The van der Waals surface area contributed by atoms with Gasteiger partial charge in [0, 0.05) is 12.7 Å². The van der Waals surface area contributed by atoms with Crippen LogP contribution in [0.5, 0.6) is 0 Å². The number of carboxylic acid groups (broad SMARTS) is 1. The second kappa shape index (κ2) is 10.2. The highest BCUT2D eigenvalue weighted by Gasteiger charge is 2.45. The number of rotatable bonds is 5. The van der Waals surface area contributed by atoms with E-state index in [4.69, 9.17) is 15.1 Å². The number of halogens is 3. The first-order valence-electron chi connectivity index (χ1n) is 10.6. The van der Waals surface area contributed by atoms with Crippen LogP contribution in [0.2, 0.25) is 0 Å². The van der Waals surface area contributed by atoms with Crippen molar-refractivity contribution in [3.8, 4) is 17.2 Å². The third-order valence-electron chi connectivity index (χ3n) is 5.93. The largest absolute Gasteiger partial charge is 0.465 e. The summed E-state index contributed by atoms with van der Waals surface area (Å²) in [6.07, 6.45) is -1.17. The van der Waals surface area contributed by atoms with Crippen molar-refractivity contribution in [2.24, 2.45) is 0 Å². The molecular weight excluding hydrogens is 489 g/mol. The van der Waals surface area contributed by atoms with E-state index in [1.807, 2.05) is 6.07 Å². The molecule has 2 aliphatic rings. The van der Waals surface area contributed by atoms with Gasteiger partial charge in [-0.1, -0.05) is 6.07 Å². The zero-order chi connectivity index (χ0) is 25.9. The second-order valence-electron chi connectivity index (χ2n) is 8.30. The molecule has 13 heteroatoms. The molecule has 2 fully saturated rings. The molecule has 2 saturated carbocycles. The molecule has 0 unspecified atom stereocenters. The molecule has 4 rings (SSSR count). The van der Waals surface area contributed by atoms with E-state index >= 15 is 0 Å². The smallest absolute Gasteiger partial charge is 0.417 e. The number of sulfone groups is 1. The first kappa shape index (κ1) is 26.4. The summed E-state index contributed by atoms with van der Waals surface area (Å²) in [5.41, 5.74) is -1.24. The van der Waals surface area contributed by atoms with Gasteiger partial charge >= 0.3 is 12.3 Å². The maximum Gasteiger partial charge on any atom is 0.417 e. The number of methoxy groups -OCH3 is 1. The molecule has 9 nitrogen and oxygen atoms in total. The second-order valence-corrected chi connectivity index (χ2v) is 10.5. The Hall–Kier alpha value is -3.24. The molecule has 0 radical (unpaired) electrons. The Morgan fingerprint density at radius 2 is 1.94 bits per heavy atom. The quantitative estimate of drug-likeness (QED) is 0.616. The van der Waals surface area contributed by atoms with Crippen molar-refractivity contribution in [2.75, 3.05) is 7.11 Å². The number of aromatic nitrogens is 2. The summed E-state index contributed by atoms with van der Waals surface area (Å²) >= 11 is 0. The van der Waals surface area contributed by atoms with Gasteiger partial charge in [-0.15, -0.1) is 0 Å². The van der Waals surface area contributed by atoms with E-state index in [9.17, 15) is 26.4 Å². The first-order chi connectivity index (χ1) is 16.4. The highest BCUT2D eigenvalue weighted by Crippen LogP contribution is 2.40. The van der Waals surface area contributed by atoms with Crippen LogP contribution < -0.4 is 5.32 Å². The minimum absolute atomic E-state index is 0.201. The molecule has 1 heterocycles. The lowest BCUT2D eigenvalue weighted by Crippen LogP contribution is -2.33. The number of benzene rings is 1. The average molecular weight is 513 g/mol. The highest BCUT2D eigenvalue weighted by atomic mass is 32.2. The Morgan fingerprint density at radius 1 is 1.23 bits per heavy atom. The lowest BCUT2D eigenvalue weighted by Gasteiger charge is -2.18. The minimum atomic E-state index is -4.79. The minimum Gasteiger partial charge on any atom is -0.465 e.